The van der Waals surface area contributed by atoms with Crippen molar-refractivity contribution in [1.82, 2.24) is 15.0 Å². The van der Waals surface area contributed by atoms with Gasteiger partial charge < -0.3 is 5.11 Å². The molecule has 0 aliphatic rings. The molecule has 0 aliphatic heterocycles. The van der Waals surface area contributed by atoms with E-state index in [9.17, 15) is 5.11 Å². The highest BCUT2D eigenvalue weighted by molar-refractivity contribution is 5.82. The maximum Gasteiger partial charge on any atom is 0.116 e. The number of aryl methyl sites for hydroxylation is 1. The Morgan fingerprint density at radius 3 is 2.21 bits per heavy atom. The highest BCUT2D eigenvalue weighted by Gasteiger charge is 2.12. The quantitative estimate of drug-likeness (QED) is 0.317. The molecular formula is C30H23N3O. The predicted octanol–water partition coefficient (Wildman–Crippen LogP) is 7.06. The number of aromatic nitrogens is 3. The van der Waals surface area contributed by atoms with Crippen LogP contribution >= 0.6 is 0 Å². The fourth-order valence-electron chi connectivity index (χ4n) is 3.95. The van der Waals surface area contributed by atoms with E-state index in [1.165, 1.54) is 0 Å². The van der Waals surface area contributed by atoms with Crippen molar-refractivity contribution in [2.75, 3.05) is 0 Å². The Hall–Kier alpha value is -4.57. The minimum absolute atomic E-state index is 0.226. The molecule has 5 aromatic rings. The fourth-order valence-corrected chi connectivity index (χ4v) is 3.95. The van der Waals surface area contributed by atoms with Crippen molar-refractivity contribution in [3.8, 4) is 39.4 Å². The largest absolute Gasteiger partial charge is 0.508 e. The Kier molecular flexibility index (Phi) is 5.95. The first-order valence-corrected chi connectivity index (χ1v) is 11.1. The molecule has 0 saturated heterocycles. The number of hydrogen-bond donors (Lipinski definition) is 1. The molecule has 0 radical (unpaired) electrons. The lowest BCUT2D eigenvalue weighted by Gasteiger charge is -2.11. The highest BCUT2D eigenvalue weighted by Crippen LogP contribution is 2.31. The molecule has 0 aliphatic carbocycles. The number of phenolic OH excluding ortho intramolecular Hbond substituents is 1. The summed E-state index contributed by atoms with van der Waals surface area (Å²) in [5, 5.41) is 9.86. The van der Waals surface area contributed by atoms with Crippen LogP contribution in [0.2, 0.25) is 0 Å². The summed E-state index contributed by atoms with van der Waals surface area (Å²) in [5.41, 5.74) is 8.67. The third-order valence-electron chi connectivity index (χ3n) is 5.64. The van der Waals surface area contributed by atoms with Crippen LogP contribution in [-0.2, 0) is 0 Å². The lowest BCUT2D eigenvalue weighted by molar-refractivity contribution is 0.475. The Morgan fingerprint density at radius 1 is 0.647 bits per heavy atom. The monoisotopic (exact) mass is 441 g/mol. The third kappa shape index (κ3) is 4.62. The van der Waals surface area contributed by atoms with E-state index >= 15 is 0 Å². The van der Waals surface area contributed by atoms with E-state index in [2.05, 4.69) is 41.4 Å². The predicted molar refractivity (Wildman–Crippen MR) is 138 cm³/mol. The van der Waals surface area contributed by atoms with Crippen LogP contribution < -0.4 is 0 Å². The molecule has 0 amide bonds. The Balaban J connectivity index is 1.59. The van der Waals surface area contributed by atoms with Crippen LogP contribution in [0.1, 0.15) is 16.7 Å². The first-order valence-electron chi connectivity index (χ1n) is 11.1. The molecule has 2 aromatic carbocycles. The second kappa shape index (κ2) is 9.51. The van der Waals surface area contributed by atoms with Gasteiger partial charge in [-0.05, 0) is 48.4 Å². The van der Waals surface area contributed by atoms with Crippen molar-refractivity contribution >= 4 is 12.2 Å². The molecule has 34 heavy (non-hydrogen) atoms. The fraction of sp³-hybridized carbons (Fsp3) is 0.0333. The normalized spacial score (nSPS) is 11.1. The van der Waals surface area contributed by atoms with Gasteiger partial charge in [-0.15, -0.1) is 0 Å². The number of benzene rings is 2. The number of aromatic hydroxyl groups is 1. The lowest BCUT2D eigenvalue weighted by Crippen LogP contribution is -1.95. The molecule has 164 valence electrons. The molecule has 4 nitrogen and oxygen atoms in total. The summed E-state index contributed by atoms with van der Waals surface area (Å²) in [6.45, 7) is 2.03. The molecule has 0 spiro atoms. The van der Waals surface area contributed by atoms with Gasteiger partial charge in [0.25, 0.3) is 0 Å². The molecule has 5 rings (SSSR count). The minimum atomic E-state index is 0.226. The smallest absolute Gasteiger partial charge is 0.116 e. The summed E-state index contributed by atoms with van der Waals surface area (Å²) in [6, 6.07) is 25.6. The summed E-state index contributed by atoms with van der Waals surface area (Å²) in [4.78, 5) is 13.8. The highest BCUT2D eigenvalue weighted by atomic mass is 16.3. The number of pyridine rings is 3. The summed E-state index contributed by atoms with van der Waals surface area (Å²) < 4.78 is 0. The second-order valence-electron chi connectivity index (χ2n) is 8.09. The molecule has 3 aromatic heterocycles. The standard InChI is InChI=1S/C30H23N3O/c1-21-15-27(20-32-29(21)23-9-5-11-28(34)17-23)30-24(13-12-22-7-3-2-4-8-22)16-26(19-33-30)25-10-6-14-31-18-25/h2-20,34H,1H3. The number of nitrogens with zero attached hydrogens (tertiary/aromatic N) is 3. The first-order chi connectivity index (χ1) is 16.7. The van der Waals surface area contributed by atoms with Gasteiger partial charge in [-0.1, -0.05) is 60.7 Å². The molecule has 0 atom stereocenters. The van der Waals surface area contributed by atoms with Crippen molar-refractivity contribution in [3.05, 3.63) is 120 Å². The van der Waals surface area contributed by atoms with Crippen LogP contribution in [0.15, 0.2) is 104 Å². The molecule has 1 N–H and O–H groups in total. The molecule has 0 bridgehead atoms. The van der Waals surface area contributed by atoms with Crippen molar-refractivity contribution in [2.24, 2.45) is 0 Å². The number of rotatable bonds is 5. The van der Waals surface area contributed by atoms with Crippen LogP contribution in [-0.4, -0.2) is 20.1 Å². The zero-order chi connectivity index (χ0) is 23.3. The van der Waals surface area contributed by atoms with Gasteiger partial charge >= 0.3 is 0 Å². The average molecular weight is 442 g/mol. The van der Waals surface area contributed by atoms with Crippen molar-refractivity contribution in [3.63, 3.8) is 0 Å². The number of phenols is 1. The Bertz CT molecular complexity index is 1460. The molecule has 4 heteroatoms. The maximum atomic E-state index is 9.86. The molecule has 0 fully saturated rings. The SMILES string of the molecule is Cc1cc(-c2ncc(-c3cccnc3)cc2C=Cc2ccccc2)cnc1-c1cccc(O)c1. The first kappa shape index (κ1) is 21.3. The summed E-state index contributed by atoms with van der Waals surface area (Å²) in [7, 11) is 0. The van der Waals surface area contributed by atoms with Gasteiger partial charge in [0.2, 0.25) is 0 Å². The molecule has 0 saturated carbocycles. The van der Waals surface area contributed by atoms with Gasteiger partial charge in [0.15, 0.2) is 0 Å². The van der Waals surface area contributed by atoms with Crippen LogP contribution in [0.5, 0.6) is 5.75 Å². The second-order valence-corrected chi connectivity index (χ2v) is 8.09. The van der Waals surface area contributed by atoms with Gasteiger partial charge in [0, 0.05) is 52.6 Å². The zero-order valence-electron chi connectivity index (χ0n) is 18.8. The topological polar surface area (TPSA) is 58.9 Å². The molecule has 0 unspecified atom stereocenters. The van der Waals surface area contributed by atoms with E-state index in [1.54, 1.807) is 18.3 Å². The Morgan fingerprint density at radius 2 is 1.44 bits per heavy atom. The van der Waals surface area contributed by atoms with Gasteiger partial charge in [0.05, 0.1) is 11.4 Å². The van der Waals surface area contributed by atoms with E-state index in [0.29, 0.717) is 0 Å². The van der Waals surface area contributed by atoms with Gasteiger partial charge in [-0.25, -0.2) is 0 Å². The van der Waals surface area contributed by atoms with Crippen LogP contribution in [0.25, 0.3) is 45.8 Å². The van der Waals surface area contributed by atoms with Gasteiger partial charge in [0.1, 0.15) is 5.75 Å². The van der Waals surface area contributed by atoms with E-state index in [4.69, 9.17) is 9.97 Å². The van der Waals surface area contributed by atoms with Crippen LogP contribution in [0.3, 0.4) is 0 Å². The van der Waals surface area contributed by atoms with E-state index in [1.807, 2.05) is 68.0 Å². The van der Waals surface area contributed by atoms with E-state index in [0.717, 1.165) is 50.3 Å². The minimum Gasteiger partial charge on any atom is -0.508 e. The average Bonchev–Trinajstić information content (AvgIpc) is 2.88. The summed E-state index contributed by atoms with van der Waals surface area (Å²) in [6.07, 6.45) is 11.5. The van der Waals surface area contributed by atoms with Crippen molar-refractivity contribution < 1.29 is 5.11 Å². The third-order valence-corrected chi connectivity index (χ3v) is 5.64. The molecular weight excluding hydrogens is 418 g/mol. The van der Waals surface area contributed by atoms with Crippen LogP contribution in [0.4, 0.5) is 0 Å². The van der Waals surface area contributed by atoms with E-state index < -0.39 is 0 Å². The maximum absolute atomic E-state index is 9.86. The molecule has 3 heterocycles. The lowest BCUT2D eigenvalue weighted by atomic mass is 9.99. The zero-order valence-corrected chi connectivity index (χ0v) is 18.8. The number of hydrogen-bond acceptors (Lipinski definition) is 4. The Labute approximate surface area is 199 Å². The van der Waals surface area contributed by atoms with E-state index in [-0.39, 0.29) is 5.75 Å². The van der Waals surface area contributed by atoms with Gasteiger partial charge in [-0.2, -0.15) is 0 Å². The summed E-state index contributed by atoms with van der Waals surface area (Å²) >= 11 is 0. The van der Waals surface area contributed by atoms with Crippen molar-refractivity contribution in [2.45, 2.75) is 6.92 Å². The summed E-state index contributed by atoms with van der Waals surface area (Å²) in [5.74, 6) is 0.226. The van der Waals surface area contributed by atoms with Gasteiger partial charge in [-0.3, -0.25) is 15.0 Å². The van der Waals surface area contributed by atoms with Crippen LogP contribution in [0, 0.1) is 6.92 Å². The van der Waals surface area contributed by atoms with Crippen molar-refractivity contribution in [1.29, 1.82) is 0 Å².